The zero-order valence-corrected chi connectivity index (χ0v) is 9.89. The SMILES string of the molecule is O=C(Cc1ccc(F)c(F)c1)c1c(F)cc(F)cc1F. The van der Waals surface area contributed by atoms with Crippen LogP contribution >= 0.6 is 0 Å². The van der Waals surface area contributed by atoms with Crippen molar-refractivity contribution in [3.63, 3.8) is 0 Å². The highest BCUT2D eigenvalue weighted by molar-refractivity contribution is 5.98. The Kier molecular flexibility index (Phi) is 3.83. The van der Waals surface area contributed by atoms with E-state index in [4.69, 9.17) is 0 Å². The van der Waals surface area contributed by atoms with E-state index in [9.17, 15) is 26.7 Å². The van der Waals surface area contributed by atoms with Gasteiger partial charge in [-0.15, -0.1) is 0 Å². The van der Waals surface area contributed by atoms with E-state index in [1.54, 1.807) is 0 Å². The molecule has 0 spiro atoms. The minimum absolute atomic E-state index is 0.0528. The van der Waals surface area contributed by atoms with Crippen LogP contribution in [0.4, 0.5) is 22.0 Å². The summed E-state index contributed by atoms with van der Waals surface area (Å²) in [6, 6.07) is 3.43. The molecule has 0 heterocycles. The van der Waals surface area contributed by atoms with Crippen LogP contribution in [0.1, 0.15) is 15.9 Å². The van der Waals surface area contributed by atoms with Crippen LogP contribution < -0.4 is 0 Å². The van der Waals surface area contributed by atoms with Crippen LogP contribution in [0.2, 0.25) is 0 Å². The molecule has 0 aliphatic heterocycles. The Balaban J connectivity index is 2.31. The van der Waals surface area contributed by atoms with Gasteiger partial charge in [0.1, 0.15) is 17.5 Å². The maximum atomic E-state index is 13.4. The smallest absolute Gasteiger partial charge is 0.173 e. The third-order valence-electron chi connectivity index (χ3n) is 2.63. The molecule has 0 aliphatic carbocycles. The van der Waals surface area contributed by atoms with Gasteiger partial charge >= 0.3 is 0 Å². The first-order valence-electron chi connectivity index (χ1n) is 5.50. The third kappa shape index (κ3) is 2.84. The Morgan fingerprint density at radius 2 is 1.40 bits per heavy atom. The van der Waals surface area contributed by atoms with E-state index in [-0.39, 0.29) is 5.56 Å². The fourth-order valence-electron chi connectivity index (χ4n) is 1.73. The maximum Gasteiger partial charge on any atom is 0.173 e. The Labute approximate surface area is 110 Å². The van der Waals surface area contributed by atoms with Gasteiger partial charge in [-0.2, -0.15) is 0 Å². The lowest BCUT2D eigenvalue weighted by Gasteiger charge is -2.05. The first-order chi connectivity index (χ1) is 9.38. The van der Waals surface area contributed by atoms with Gasteiger partial charge in [0.15, 0.2) is 17.4 Å². The molecule has 0 saturated carbocycles. The lowest BCUT2D eigenvalue weighted by atomic mass is 10.0. The van der Waals surface area contributed by atoms with Gasteiger partial charge in [0.05, 0.1) is 5.56 Å². The van der Waals surface area contributed by atoms with Crippen molar-refractivity contribution in [3.8, 4) is 0 Å². The molecule has 0 aliphatic rings. The summed E-state index contributed by atoms with van der Waals surface area (Å²) in [6.45, 7) is 0. The largest absolute Gasteiger partial charge is 0.294 e. The van der Waals surface area contributed by atoms with Crippen molar-refractivity contribution in [3.05, 3.63) is 70.5 Å². The fraction of sp³-hybridized carbons (Fsp3) is 0.0714. The van der Waals surface area contributed by atoms with Gasteiger partial charge in [-0.05, 0) is 17.7 Å². The molecule has 0 atom stereocenters. The molecule has 104 valence electrons. The monoisotopic (exact) mass is 286 g/mol. The summed E-state index contributed by atoms with van der Waals surface area (Å²) in [4.78, 5) is 11.7. The fourth-order valence-corrected chi connectivity index (χ4v) is 1.73. The lowest BCUT2D eigenvalue weighted by molar-refractivity contribution is 0.0984. The van der Waals surface area contributed by atoms with E-state index in [2.05, 4.69) is 0 Å². The van der Waals surface area contributed by atoms with Gasteiger partial charge in [-0.25, -0.2) is 22.0 Å². The van der Waals surface area contributed by atoms with Crippen molar-refractivity contribution in [2.45, 2.75) is 6.42 Å². The van der Waals surface area contributed by atoms with Crippen molar-refractivity contribution >= 4 is 5.78 Å². The van der Waals surface area contributed by atoms with Crippen LogP contribution in [0.5, 0.6) is 0 Å². The molecule has 6 heteroatoms. The first kappa shape index (κ1) is 14.2. The molecule has 1 nitrogen and oxygen atoms in total. The summed E-state index contributed by atoms with van der Waals surface area (Å²) in [5, 5.41) is 0. The van der Waals surface area contributed by atoms with E-state index in [1.165, 1.54) is 0 Å². The summed E-state index contributed by atoms with van der Waals surface area (Å²) in [6.07, 6.45) is -0.531. The second kappa shape index (κ2) is 5.40. The summed E-state index contributed by atoms with van der Waals surface area (Å²) in [7, 11) is 0. The molecule has 0 saturated heterocycles. The molecule has 0 amide bonds. The average molecular weight is 286 g/mol. The van der Waals surface area contributed by atoms with Crippen molar-refractivity contribution in [2.24, 2.45) is 0 Å². The molecule has 2 rings (SSSR count). The summed E-state index contributed by atoms with van der Waals surface area (Å²) in [5.41, 5.74) is -0.854. The second-order valence-corrected chi connectivity index (χ2v) is 4.09. The molecule has 2 aromatic rings. The van der Waals surface area contributed by atoms with Crippen molar-refractivity contribution in [1.29, 1.82) is 0 Å². The van der Waals surface area contributed by atoms with Gasteiger partial charge < -0.3 is 0 Å². The number of ketones is 1. The number of hydrogen-bond acceptors (Lipinski definition) is 1. The van der Waals surface area contributed by atoms with Crippen molar-refractivity contribution in [2.75, 3.05) is 0 Å². The van der Waals surface area contributed by atoms with Crippen LogP contribution in [0.3, 0.4) is 0 Å². The predicted octanol–water partition coefficient (Wildman–Crippen LogP) is 3.81. The third-order valence-corrected chi connectivity index (χ3v) is 2.63. The summed E-state index contributed by atoms with van der Waals surface area (Å²) in [5.74, 6) is -7.09. The maximum absolute atomic E-state index is 13.4. The zero-order valence-electron chi connectivity index (χ0n) is 9.89. The Morgan fingerprint density at radius 1 is 0.800 bits per heavy atom. The highest BCUT2D eigenvalue weighted by Crippen LogP contribution is 2.18. The molecule has 0 unspecified atom stereocenters. The van der Waals surface area contributed by atoms with E-state index in [0.29, 0.717) is 12.1 Å². The minimum Gasteiger partial charge on any atom is -0.294 e. The average Bonchev–Trinajstić information content (AvgIpc) is 2.32. The second-order valence-electron chi connectivity index (χ2n) is 4.09. The Hall–Kier alpha value is -2.24. The molecule has 0 fully saturated rings. The number of halogens is 5. The minimum atomic E-state index is -1.34. The summed E-state index contributed by atoms with van der Waals surface area (Å²) >= 11 is 0. The normalized spacial score (nSPS) is 10.7. The number of rotatable bonds is 3. The predicted molar refractivity (Wildman–Crippen MR) is 60.7 cm³/mol. The number of Topliss-reactive ketones (excluding diaryl/α,β-unsaturated/α-hetero) is 1. The van der Waals surface area contributed by atoms with Crippen LogP contribution in [0.25, 0.3) is 0 Å². The number of benzene rings is 2. The topological polar surface area (TPSA) is 17.1 Å². The van der Waals surface area contributed by atoms with E-state index in [1.807, 2.05) is 0 Å². The molecule has 0 bridgehead atoms. The molecule has 0 N–H and O–H groups in total. The Morgan fingerprint density at radius 3 is 1.95 bits per heavy atom. The molecule has 0 radical (unpaired) electrons. The molecular weight excluding hydrogens is 279 g/mol. The number of carbonyl (C=O) groups excluding carboxylic acids is 1. The van der Waals surface area contributed by atoms with E-state index >= 15 is 0 Å². The van der Waals surface area contributed by atoms with Gasteiger partial charge in [0.2, 0.25) is 0 Å². The van der Waals surface area contributed by atoms with Gasteiger partial charge in [0.25, 0.3) is 0 Å². The lowest BCUT2D eigenvalue weighted by Crippen LogP contribution is -2.10. The van der Waals surface area contributed by atoms with Crippen LogP contribution in [-0.2, 0) is 6.42 Å². The first-order valence-corrected chi connectivity index (χ1v) is 5.50. The highest BCUT2D eigenvalue weighted by Gasteiger charge is 2.19. The molecular formula is C14H7F5O. The van der Waals surface area contributed by atoms with Gasteiger partial charge in [0, 0.05) is 18.6 Å². The van der Waals surface area contributed by atoms with Gasteiger partial charge in [-0.3, -0.25) is 4.79 Å². The zero-order chi connectivity index (χ0) is 14.9. The van der Waals surface area contributed by atoms with E-state index in [0.717, 1.165) is 18.2 Å². The van der Waals surface area contributed by atoms with Crippen molar-refractivity contribution in [1.82, 2.24) is 0 Å². The quantitative estimate of drug-likeness (QED) is 0.619. The molecule has 2 aromatic carbocycles. The molecule has 20 heavy (non-hydrogen) atoms. The highest BCUT2D eigenvalue weighted by atomic mass is 19.2. The van der Waals surface area contributed by atoms with Crippen molar-refractivity contribution < 1.29 is 26.7 Å². The molecule has 0 aromatic heterocycles. The van der Waals surface area contributed by atoms with E-state index < -0.39 is 46.9 Å². The van der Waals surface area contributed by atoms with Crippen LogP contribution in [0, 0.1) is 29.1 Å². The summed E-state index contributed by atoms with van der Waals surface area (Å²) < 4.78 is 65.1. The standard InChI is InChI=1S/C14H7F5O/c15-8-5-11(18)14(12(19)6-8)13(20)4-7-1-2-9(16)10(17)3-7/h1-3,5-6H,4H2. The number of hydrogen-bond donors (Lipinski definition) is 0. The van der Waals surface area contributed by atoms with Crippen LogP contribution in [0.15, 0.2) is 30.3 Å². The van der Waals surface area contributed by atoms with Gasteiger partial charge in [-0.1, -0.05) is 6.07 Å². The number of carbonyl (C=O) groups is 1. The Bertz CT molecular complexity index is 658. The van der Waals surface area contributed by atoms with Crippen LogP contribution in [-0.4, -0.2) is 5.78 Å².